The minimum Gasteiger partial charge on any atom is -0.426 e. The van der Waals surface area contributed by atoms with E-state index in [0.29, 0.717) is 10.8 Å². The van der Waals surface area contributed by atoms with Crippen molar-refractivity contribution in [1.82, 2.24) is 0 Å². The molecule has 0 heterocycles. The standard InChI is InChI=1S/C21H20O6/c1-11(2)20(23)26-18-10-17(25-14(6)22)16-9-13(5)7-8-15(16)19(18)27-21(24)12(3)4/h7-10H,1,3H2,2,4-6H3. The average Bonchev–Trinajstić information content (AvgIpc) is 2.57. The second-order valence-corrected chi connectivity index (χ2v) is 6.18. The van der Waals surface area contributed by atoms with Crippen LogP contribution in [0.2, 0.25) is 0 Å². The van der Waals surface area contributed by atoms with Crippen molar-refractivity contribution in [2.45, 2.75) is 27.7 Å². The Morgan fingerprint density at radius 2 is 1.37 bits per heavy atom. The molecule has 0 aromatic heterocycles. The number of aryl methyl sites for hydroxylation is 1. The largest absolute Gasteiger partial charge is 0.426 e. The maximum Gasteiger partial charge on any atom is 0.338 e. The first-order valence-corrected chi connectivity index (χ1v) is 8.11. The molecule has 2 rings (SSSR count). The zero-order valence-corrected chi connectivity index (χ0v) is 15.7. The number of rotatable bonds is 5. The summed E-state index contributed by atoms with van der Waals surface area (Å²) in [6.07, 6.45) is 0. The van der Waals surface area contributed by atoms with E-state index >= 15 is 0 Å². The van der Waals surface area contributed by atoms with Crippen LogP contribution in [-0.2, 0) is 14.4 Å². The van der Waals surface area contributed by atoms with Crippen LogP contribution >= 0.6 is 0 Å². The van der Waals surface area contributed by atoms with Crippen LogP contribution in [0.25, 0.3) is 10.8 Å². The Morgan fingerprint density at radius 3 is 1.93 bits per heavy atom. The molecule has 0 saturated carbocycles. The van der Waals surface area contributed by atoms with Crippen LogP contribution in [0.15, 0.2) is 48.6 Å². The maximum absolute atomic E-state index is 12.1. The van der Waals surface area contributed by atoms with Crippen LogP contribution in [0.5, 0.6) is 17.2 Å². The molecule has 0 radical (unpaired) electrons. The Hall–Kier alpha value is -3.41. The fraction of sp³-hybridized carbons (Fsp3) is 0.190. The molecule has 2 aromatic rings. The van der Waals surface area contributed by atoms with E-state index in [2.05, 4.69) is 13.2 Å². The molecule has 6 heteroatoms. The van der Waals surface area contributed by atoms with Crippen LogP contribution in [-0.4, -0.2) is 17.9 Å². The summed E-state index contributed by atoms with van der Waals surface area (Å²) in [6, 6.07) is 6.60. The third kappa shape index (κ3) is 4.61. The lowest BCUT2D eigenvalue weighted by Crippen LogP contribution is -2.13. The van der Waals surface area contributed by atoms with Crippen LogP contribution in [0, 0.1) is 6.92 Å². The smallest absolute Gasteiger partial charge is 0.338 e. The molecule has 0 N–H and O–H groups in total. The highest BCUT2D eigenvalue weighted by Gasteiger charge is 2.22. The SMILES string of the molecule is C=C(C)C(=O)Oc1cc(OC(C)=O)c2cc(C)ccc2c1OC(=O)C(=C)C. The first-order valence-electron chi connectivity index (χ1n) is 8.11. The third-order valence-electron chi connectivity index (χ3n) is 3.52. The van der Waals surface area contributed by atoms with Crippen molar-refractivity contribution in [1.29, 1.82) is 0 Å². The van der Waals surface area contributed by atoms with Crippen molar-refractivity contribution in [3.05, 3.63) is 54.1 Å². The quantitative estimate of drug-likeness (QED) is 0.450. The number of hydrogen-bond acceptors (Lipinski definition) is 6. The van der Waals surface area contributed by atoms with Gasteiger partial charge in [-0.1, -0.05) is 30.9 Å². The van der Waals surface area contributed by atoms with Crippen molar-refractivity contribution in [2.75, 3.05) is 0 Å². The van der Waals surface area contributed by atoms with Gasteiger partial charge in [-0.2, -0.15) is 0 Å². The molecule has 0 aliphatic rings. The van der Waals surface area contributed by atoms with E-state index in [-0.39, 0.29) is 28.4 Å². The van der Waals surface area contributed by atoms with Gasteiger partial charge in [0, 0.05) is 34.9 Å². The second kappa shape index (κ2) is 7.86. The van der Waals surface area contributed by atoms with E-state index in [9.17, 15) is 14.4 Å². The summed E-state index contributed by atoms with van der Waals surface area (Å²) >= 11 is 0. The van der Waals surface area contributed by atoms with E-state index in [1.807, 2.05) is 6.92 Å². The van der Waals surface area contributed by atoms with Gasteiger partial charge in [-0.3, -0.25) is 4.79 Å². The number of esters is 3. The molecule has 2 aromatic carbocycles. The van der Waals surface area contributed by atoms with E-state index in [1.54, 1.807) is 18.2 Å². The van der Waals surface area contributed by atoms with Crippen LogP contribution in [0.3, 0.4) is 0 Å². The van der Waals surface area contributed by atoms with Crippen molar-refractivity contribution in [3.8, 4) is 17.2 Å². The summed E-state index contributed by atoms with van der Waals surface area (Å²) in [5, 5.41) is 0.975. The molecule has 0 unspecified atom stereocenters. The number of hydrogen-bond donors (Lipinski definition) is 0. The van der Waals surface area contributed by atoms with E-state index in [4.69, 9.17) is 14.2 Å². The molecule has 0 fully saturated rings. The van der Waals surface area contributed by atoms with Crippen LogP contribution in [0.4, 0.5) is 0 Å². The van der Waals surface area contributed by atoms with Gasteiger partial charge in [-0.25, -0.2) is 9.59 Å². The van der Waals surface area contributed by atoms with E-state index in [0.717, 1.165) is 5.56 Å². The Balaban J connectivity index is 2.77. The summed E-state index contributed by atoms with van der Waals surface area (Å²) in [5.41, 5.74) is 1.24. The van der Waals surface area contributed by atoms with Crippen LogP contribution < -0.4 is 14.2 Å². The zero-order chi connectivity index (χ0) is 20.3. The molecule has 0 spiro atoms. The fourth-order valence-electron chi connectivity index (χ4n) is 2.24. The third-order valence-corrected chi connectivity index (χ3v) is 3.52. The number of ether oxygens (including phenoxy) is 3. The average molecular weight is 368 g/mol. The predicted molar refractivity (Wildman–Crippen MR) is 101 cm³/mol. The molecule has 0 atom stereocenters. The minimum atomic E-state index is -0.706. The highest BCUT2D eigenvalue weighted by Crippen LogP contribution is 2.42. The zero-order valence-electron chi connectivity index (χ0n) is 15.7. The van der Waals surface area contributed by atoms with Gasteiger partial charge < -0.3 is 14.2 Å². The maximum atomic E-state index is 12.1. The lowest BCUT2D eigenvalue weighted by atomic mass is 10.0. The molecule has 0 aliphatic carbocycles. The molecular weight excluding hydrogens is 348 g/mol. The monoisotopic (exact) mass is 368 g/mol. The first kappa shape index (κ1) is 19.9. The highest BCUT2D eigenvalue weighted by atomic mass is 16.6. The molecule has 0 aliphatic heterocycles. The van der Waals surface area contributed by atoms with Gasteiger partial charge in [0.05, 0.1) is 0 Å². The van der Waals surface area contributed by atoms with Gasteiger partial charge in [0.1, 0.15) is 5.75 Å². The van der Waals surface area contributed by atoms with E-state index < -0.39 is 17.9 Å². The van der Waals surface area contributed by atoms with Crippen molar-refractivity contribution >= 4 is 28.7 Å². The van der Waals surface area contributed by atoms with Gasteiger partial charge in [0.15, 0.2) is 11.5 Å². The molecule has 6 nitrogen and oxygen atoms in total. The summed E-state index contributed by atoms with van der Waals surface area (Å²) in [7, 11) is 0. The van der Waals surface area contributed by atoms with Gasteiger partial charge in [-0.15, -0.1) is 0 Å². The Morgan fingerprint density at radius 1 is 0.778 bits per heavy atom. The Labute approximate surface area is 157 Å². The molecule has 0 saturated heterocycles. The molecule has 140 valence electrons. The molecule has 0 amide bonds. The number of carbonyl (C=O) groups is 3. The molecular formula is C21H20O6. The molecule has 0 bridgehead atoms. The Kier molecular flexibility index (Phi) is 5.80. The summed E-state index contributed by atoms with van der Waals surface area (Å²) in [6.45, 7) is 13.2. The lowest BCUT2D eigenvalue weighted by Gasteiger charge is -2.16. The summed E-state index contributed by atoms with van der Waals surface area (Å²) < 4.78 is 16.0. The topological polar surface area (TPSA) is 78.9 Å². The van der Waals surface area contributed by atoms with E-state index in [1.165, 1.54) is 26.8 Å². The van der Waals surface area contributed by atoms with Crippen LogP contribution in [0.1, 0.15) is 26.3 Å². The Bertz CT molecular complexity index is 984. The lowest BCUT2D eigenvalue weighted by molar-refractivity contribution is -0.132. The fourth-order valence-corrected chi connectivity index (χ4v) is 2.24. The number of fused-ring (bicyclic) bond motifs is 1. The van der Waals surface area contributed by atoms with Crippen molar-refractivity contribution in [2.24, 2.45) is 0 Å². The minimum absolute atomic E-state index is 0.0310. The summed E-state index contributed by atoms with van der Waals surface area (Å²) in [5.74, 6) is -1.77. The first-order chi connectivity index (χ1) is 12.6. The van der Waals surface area contributed by atoms with Gasteiger partial charge in [0.25, 0.3) is 0 Å². The van der Waals surface area contributed by atoms with Gasteiger partial charge >= 0.3 is 17.9 Å². The second-order valence-electron chi connectivity index (χ2n) is 6.18. The number of carbonyl (C=O) groups excluding carboxylic acids is 3. The van der Waals surface area contributed by atoms with Gasteiger partial charge in [0.2, 0.25) is 0 Å². The van der Waals surface area contributed by atoms with Crippen molar-refractivity contribution in [3.63, 3.8) is 0 Å². The predicted octanol–water partition coefficient (Wildman–Crippen LogP) is 4.04. The normalized spacial score (nSPS) is 10.2. The molecule has 27 heavy (non-hydrogen) atoms. The highest BCUT2D eigenvalue weighted by molar-refractivity contribution is 6.01. The van der Waals surface area contributed by atoms with Crippen molar-refractivity contribution < 1.29 is 28.6 Å². The number of benzene rings is 2. The summed E-state index contributed by atoms with van der Waals surface area (Å²) in [4.78, 5) is 35.6. The van der Waals surface area contributed by atoms with Gasteiger partial charge in [-0.05, 0) is 26.8 Å².